The van der Waals surface area contributed by atoms with Gasteiger partial charge in [-0.25, -0.2) is 4.79 Å². The lowest BCUT2D eigenvalue weighted by Crippen LogP contribution is -2.48. The third kappa shape index (κ3) is 5.05. The molecule has 3 heterocycles. The largest absolute Gasteiger partial charge is 0.462 e. The summed E-state index contributed by atoms with van der Waals surface area (Å²) >= 11 is 6.97. The van der Waals surface area contributed by atoms with Gasteiger partial charge in [-0.15, -0.1) is 0 Å². The fraction of sp³-hybridized carbons (Fsp3) is 0.391. The van der Waals surface area contributed by atoms with Crippen LogP contribution < -0.4 is 10.9 Å². The second kappa shape index (κ2) is 9.87. The summed E-state index contributed by atoms with van der Waals surface area (Å²) < 4.78 is 7.56. The molecule has 0 saturated carbocycles. The third-order valence-corrected chi connectivity index (χ3v) is 7.27. The molecule has 1 fully saturated rings. The van der Waals surface area contributed by atoms with Gasteiger partial charge in [-0.1, -0.05) is 30.0 Å². The van der Waals surface area contributed by atoms with E-state index < -0.39 is 0 Å². The lowest BCUT2D eigenvalue weighted by molar-refractivity contribution is -0.113. The quantitative estimate of drug-likeness (QED) is 0.530. The zero-order valence-corrected chi connectivity index (χ0v) is 19.4. The van der Waals surface area contributed by atoms with Gasteiger partial charge >= 0.3 is 5.97 Å². The zero-order chi connectivity index (χ0) is 22.7. The maximum Gasteiger partial charge on any atom is 0.338 e. The molecule has 0 aliphatic carbocycles. The van der Waals surface area contributed by atoms with Crippen molar-refractivity contribution >= 4 is 45.9 Å². The number of anilines is 1. The van der Waals surface area contributed by atoms with Gasteiger partial charge in [-0.3, -0.25) is 9.59 Å². The Balaban J connectivity index is 1.29. The van der Waals surface area contributed by atoms with Crippen LogP contribution in [0.5, 0.6) is 0 Å². The molecule has 1 amide bonds. The van der Waals surface area contributed by atoms with E-state index in [-0.39, 0.29) is 29.1 Å². The van der Waals surface area contributed by atoms with E-state index in [9.17, 15) is 14.4 Å². The number of fused-ring (bicyclic) bond motifs is 4. The van der Waals surface area contributed by atoms with Gasteiger partial charge in [0.15, 0.2) is 0 Å². The van der Waals surface area contributed by atoms with E-state index in [2.05, 4.69) is 10.2 Å². The molecule has 32 heavy (non-hydrogen) atoms. The number of piperidine rings is 1. The molecule has 1 aromatic carbocycles. The lowest BCUT2D eigenvalue weighted by atomic mass is 9.83. The number of likely N-dealkylation sites (tertiary alicyclic amines) is 1. The van der Waals surface area contributed by atoms with E-state index in [0.29, 0.717) is 28.1 Å². The maximum atomic E-state index is 12.4. The Kier molecular flexibility index (Phi) is 6.95. The number of benzene rings is 1. The first-order chi connectivity index (χ1) is 15.4. The summed E-state index contributed by atoms with van der Waals surface area (Å²) in [6, 6.07) is 12.1. The number of esters is 1. The molecule has 2 bridgehead atoms. The molecule has 0 spiro atoms. The molecule has 2 aliphatic heterocycles. The van der Waals surface area contributed by atoms with Crippen molar-refractivity contribution in [3.05, 3.63) is 64.1 Å². The molecule has 9 heteroatoms. The highest BCUT2D eigenvalue weighted by atomic mass is 32.2. The number of rotatable bonds is 5. The minimum atomic E-state index is -0.384. The number of thioether (sulfide) groups is 1. The Bertz CT molecular complexity index is 1080. The first-order valence-electron chi connectivity index (χ1n) is 10.6. The number of hydrogen-bond donors (Lipinski definition) is 1. The highest BCUT2D eigenvalue weighted by Crippen LogP contribution is 2.36. The van der Waals surface area contributed by atoms with Crippen LogP contribution in [-0.4, -0.2) is 51.1 Å². The van der Waals surface area contributed by atoms with E-state index >= 15 is 0 Å². The number of nitrogens with zero attached hydrogens (tertiary/aromatic N) is 2. The van der Waals surface area contributed by atoms with Crippen LogP contribution in [0.3, 0.4) is 0 Å². The van der Waals surface area contributed by atoms with Crippen molar-refractivity contribution < 1.29 is 14.3 Å². The maximum absolute atomic E-state index is 12.4. The summed E-state index contributed by atoms with van der Waals surface area (Å²) in [6.45, 7) is 4.36. The number of amides is 1. The van der Waals surface area contributed by atoms with Crippen molar-refractivity contribution in [3.8, 4) is 0 Å². The van der Waals surface area contributed by atoms with Crippen LogP contribution in [0.15, 0.2) is 47.3 Å². The van der Waals surface area contributed by atoms with Crippen molar-refractivity contribution in [3.63, 3.8) is 0 Å². The molecule has 2 aromatic rings. The van der Waals surface area contributed by atoms with Gasteiger partial charge in [-0.05, 0) is 49.6 Å². The zero-order valence-electron chi connectivity index (χ0n) is 17.8. The first kappa shape index (κ1) is 22.5. The van der Waals surface area contributed by atoms with Crippen LogP contribution in [0.1, 0.15) is 35.3 Å². The molecule has 1 N–H and O–H groups in total. The SMILES string of the molecule is CCOC(=O)c1ccc(NC(=O)CSC(=S)N2C[C@H]3C[C@@H](C2)c2cccc(=O)n2C3)cc1. The number of pyridine rings is 1. The summed E-state index contributed by atoms with van der Waals surface area (Å²) in [7, 11) is 0. The van der Waals surface area contributed by atoms with E-state index in [0.717, 1.165) is 31.7 Å². The first-order valence-corrected chi connectivity index (χ1v) is 12.0. The highest BCUT2D eigenvalue weighted by Gasteiger charge is 2.35. The van der Waals surface area contributed by atoms with Crippen LogP contribution in [0.2, 0.25) is 0 Å². The van der Waals surface area contributed by atoms with Crippen LogP contribution in [0.4, 0.5) is 5.69 Å². The van der Waals surface area contributed by atoms with Gasteiger partial charge in [-0.2, -0.15) is 0 Å². The number of thiocarbonyl (C=S) groups is 1. The molecule has 0 radical (unpaired) electrons. The van der Waals surface area contributed by atoms with Gasteiger partial charge in [0.25, 0.3) is 5.56 Å². The molecule has 4 rings (SSSR count). The summed E-state index contributed by atoms with van der Waals surface area (Å²) in [5, 5.41) is 2.83. The van der Waals surface area contributed by atoms with E-state index in [1.54, 1.807) is 37.3 Å². The number of nitrogens with one attached hydrogen (secondary N) is 1. The van der Waals surface area contributed by atoms with Crippen molar-refractivity contribution in [1.29, 1.82) is 0 Å². The molecule has 1 aromatic heterocycles. The molecule has 2 aliphatic rings. The fourth-order valence-electron chi connectivity index (χ4n) is 4.37. The third-order valence-electron chi connectivity index (χ3n) is 5.74. The van der Waals surface area contributed by atoms with E-state index in [1.807, 2.05) is 16.7 Å². The Morgan fingerprint density at radius 1 is 1.16 bits per heavy atom. The van der Waals surface area contributed by atoms with Gasteiger partial charge in [0, 0.05) is 43.0 Å². The number of aromatic nitrogens is 1. The minimum Gasteiger partial charge on any atom is -0.462 e. The Hall–Kier alpha value is -2.65. The van der Waals surface area contributed by atoms with Gasteiger partial charge in [0.1, 0.15) is 4.32 Å². The molecule has 0 unspecified atom stereocenters. The van der Waals surface area contributed by atoms with Crippen LogP contribution in [0.25, 0.3) is 0 Å². The van der Waals surface area contributed by atoms with E-state index in [1.165, 1.54) is 11.8 Å². The Morgan fingerprint density at radius 3 is 2.69 bits per heavy atom. The predicted octanol–water partition coefficient (Wildman–Crippen LogP) is 3.10. The summed E-state index contributed by atoms with van der Waals surface area (Å²) in [5.41, 5.74) is 2.20. The number of ether oxygens (including phenoxy) is 1. The number of carbonyl (C=O) groups excluding carboxylic acids is 2. The van der Waals surface area contributed by atoms with Crippen LogP contribution in [-0.2, 0) is 16.1 Å². The molecule has 7 nitrogen and oxygen atoms in total. The standard InChI is InChI=1S/C23H25N3O4S2/c1-2-30-22(29)16-6-8-18(9-7-16)24-20(27)14-32-23(31)25-11-15-10-17(13-25)19-4-3-5-21(28)26(19)12-15/h3-9,15,17H,2,10-14H2,1H3,(H,24,27)/t15-,17+/m1/s1. The monoisotopic (exact) mass is 471 g/mol. The van der Waals surface area contributed by atoms with Gasteiger partial charge in [0.2, 0.25) is 5.91 Å². The predicted molar refractivity (Wildman–Crippen MR) is 129 cm³/mol. The van der Waals surface area contributed by atoms with Crippen molar-refractivity contribution in [2.24, 2.45) is 5.92 Å². The smallest absolute Gasteiger partial charge is 0.338 e. The highest BCUT2D eigenvalue weighted by molar-refractivity contribution is 8.23. The van der Waals surface area contributed by atoms with Crippen LogP contribution in [0, 0.1) is 5.92 Å². The topological polar surface area (TPSA) is 80.6 Å². The molecule has 2 atom stereocenters. The summed E-state index contributed by atoms with van der Waals surface area (Å²) in [5.74, 6) is 0.328. The molecular weight excluding hydrogens is 446 g/mol. The van der Waals surface area contributed by atoms with Crippen molar-refractivity contribution in [2.75, 3.05) is 30.8 Å². The minimum absolute atomic E-state index is 0.0644. The Morgan fingerprint density at radius 2 is 1.94 bits per heavy atom. The molecular formula is C23H25N3O4S2. The Labute approximate surface area is 196 Å². The molecule has 168 valence electrons. The fourth-order valence-corrected chi connectivity index (χ4v) is 5.35. The van der Waals surface area contributed by atoms with Gasteiger partial charge < -0.3 is 19.5 Å². The van der Waals surface area contributed by atoms with Crippen LogP contribution >= 0.6 is 24.0 Å². The van der Waals surface area contributed by atoms with Crippen molar-refractivity contribution in [1.82, 2.24) is 9.47 Å². The summed E-state index contributed by atoms with van der Waals surface area (Å²) in [6.07, 6.45) is 1.06. The number of carbonyl (C=O) groups is 2. The van der Waals surface area contributed by atoms with Gasteiger partial charge in [0.05, 0.1) is 17.9 Å². The summed E-state index contributed by atoms with van der Waals surface area (Å²) in [4.78, 5) is 38.4. The average molecular weight is 472 g/mol. The number of hydrogen-bond acceptors (Lipinski definition) is 6. The molecule has 1 saturated heterocycles. The second-order valence-electron chi connectivity index (χ2n) is 8.00. The normalized spacial score (nSPS) is 19.1. The second-order valence-corrected chi connectivity index (χ2v) is 9.61. The van der Waals surface area contributed by atoms with Crippen molar-refractivity contribution in [2.45, 2.75) is 25.8 Å². The lowest BCUT2D eigenvalue weighted by Gasteiger charge is -2.43. The average Bonchev–Trinajstić information content (AvgIpc) is 2.79. The van der Waals surface area contributed by atoms with E-state index in [4.69, 9.17) is 17.0 Å².